The predicted octanol–water partition coefficient (Wildman–Crippen LogP) is 1.26. The van der Waals surface area contributed by atoms with Crippen molar-refractivity contribution in [2.75, 3.05) is 19.8 Å². The molecule has 2 atom stereocenters. The fraction of sp³-hybridized carbons (Fsp3) is 0.500. The summed E-state index contributed by atoms with van der Waals surface area (Å²) < 4.78 is 23.4. The number of hydrogen-bond donors (Lipinski definition) is 0. The van der Waals surface area contributed by atoms with Gasteiger partial charge in [-0.15, -0.1) is 0 Å². The Morgan fingerprint density at radius 1 is 1.25 bits per heavy atom. The molecule has 3 nitrogen and oxygen atoms in total. The van der Waals surface area contributed by atoms with Gasteiger partial charge < -0.3 is 0 Å². The Balaban J connectivity index is 2.49. The monoisotopic (exact) mass is 239 g/mol. The van der Waals surface area contributed by atoms with Gasteiger partial charge in [0.05, 0.1) is 16.5 Å². The predicted molar refractivity (Wildman–Crippen MR) is 65.1 cm³/mol. The first-order chi connectivity index (χ1) is 7.41. The zero-order chi connectivity index (χ0) is 12.0. The molecule has 0 saturated carbocycles. The average molecular weight is 239 g/mol. The van der Waals surface area contributed by atoms with Crippen LogP contribution in [0.1, 0.15) is 12.5 Å². The second kappa shape index (κ2) is 3.57. The Labute approximate surface area is 97.0 Å². The van der Waals surface area contributed by atoms with Gasteiger partial charge in [0.2, 0.25) is 0 Å². The molecule has 1 saturated heterocycles. The molecule has 0 aromatic heterocycles. The average Bonchev–Trinajstić information content (AvgIpc) is 2.26. The molecule has 2 unspecified atom stereocenters. The molecule has 0 bridgehead atoms. The van der Waals surface area contributed by atoms with E-state index in [-0.39, 0.29) is 16.5 Å². The lowest BCUT2D eigenvalue weighted by Crippen LogP contribution is -2.66. The van der Waals surface area contributed by atoms with E-state index in [1.165, 1.54) is 0 Å². The molecule has 1 aromatic carbocycles. The van der Waals surface area contributed by atoms with Crippen molar-refractivity contribution in [2.24, 2.45) is 0 Å². The molecule has 88 valence electrons. The zero-order valence-corrected chi connectivity index (χ0v) is 10.7. The number of rotatable bonds is 2. The van der Waals surface area contributed by atoms with Crippen LogP contribution in [0.3, 0.4) is 0 Å². The minimum absolute atomic E-state index is 0.220. The third-order valence-electron chi connectivity index (χ3n) is 3.70. The van der Waals surface area contributed by atoms with Crippen molar-refractivity contribution in [2.45, 2.75) is 17.7 Å². The van der Waals surface area contributed by atoms with Gasteiger partial charge in [-0.2, -0.15) is 0 Å². The van der Waals surface area contributed by atoms with E-state index in [1.54, 1.807) is 6.92 Å². The van der Waals surface area contributed by atoms with Crippen molar-refractivity contribution >= 4 is 9.84 Å². The van der Waals surface area contributed by atoms with Gasteiger partial charge in [-0.05, 0) is 26.6 Å². The maximum absolute atomic E-state index is 11.7. The van der Waals surface area contributed by atoms with Gasteiger partial charge in [0, 0.05) is 0 Å². The first kappa shape index (κ1) is 11.6. The molecule has 1 heterocycles. The Kier molecular flexibility index (Phi) is 2.59. The van der Waals surface area contributed by atoms with Crippen LogP contribution in [0.4, 0.5) is 0 Å². The number of sulfone groups is 1. The van der Waals surface area contributed by atoms with Gasteiger partial charge in [0.15, 0.2) is 9.84 Å². The van der Waals surface area contributed by atoms with Gasteiger partial charge in [-0.1, -0.05) is 30.3 Å². The summed E-state index contributed by atoms with van der Waals surface area (Å²) in [5, 5.41) is -0.336. The van der Waals surface area contributed by atoms with Crippen LogP contribution in [0.15, 0.2) is 30.3 Å². The van der Waals surface area contributed by atoms with Crippen molar-refractivity contribution in [3.63, 3.8) is 0 Å². The summed E-state index contributed by atoms with van der Waals surface area (Å²) in [5.41, 5.74) is 0.738. The lowest BCUT2D eigenvalue weighted by molar-refractivity contribution is 0.151. The molecule has 0 amide bonds. The molecule has 1 aliphatic rings. The zero-order valence-electron chi connectivity index (χ0n) is 9.84. The summed E-state index contributed by atoms with van der Waals surface area (Å²) >= 11 is 0. The van der Waals surface area contributed by atoms with E-state index in [0.717, 1.165) is 5.56 Å². The van der Waals surface area contributed by atoms with Gasteiger partial charge in [-0.3, -0.25) is 4.90 Å². The van der Waals surface area contributed by atoms with Crippen molar-refractivity contribution in [3.8, 4) is 0 Å². The van der Waals surface area contributed by atoms with Gasteiger partial charge >= 0.3 is 0 Å². The molecule has 4 heteroatoms. The highest BCUT2D eigenvalue weighted by Gasteiger charge is 2.58. The Morgan fingerprint density at radius 3 is 2.19 bits per heavy atom. The van der Waals surface area contributed by atoms with Crippen molar-refractivity contribution in [3.05, 3.63) is 35.9 Å². The molecule has 1 fully saturated rings. The fourth-order valence-electron chi connectivity index (χ4n) is 2.54. The quantitative estimate of drug-likeness (QED) is 0.779. The van der Waals surface area contributed by atoms with Crippen LogP contribution in [0.2, 0.25) is 0 Å². The van der Waals surface area contributed by atoms with Gasteiger partial charge in [0.1, 0.15) is 0 Å². The molecule has 1 aromatic rings. The number of nitrogens with zero attached hydrogens (tertiary/aromatic N) is 1. The smallest absolute Gasteiger partial charge is 0.157 e. The molecule has 0 N–H and O–H groups in total. The SMILES string of the molecule is CC1C(c2ccccc2)(N(C)C)CS1(=O)=O. The summed E-state index contributed by atoms with van der Waals surface area (Å²) in [6, 6.07) is 9.87. The van der Waals surface area contributed by atoms with Crippen LogP contribution in [0, 0.1) is 0 Å². The highest BCUT2D eigenvalue weighted by Crippen LogP contribution is 2.44. The van der Waals surface area contributed by atoms with Crippen molar-refractivity contribution < 1.29 is 8.42 Å². The fourth-order valence-corrected chi connectivity index (χ4v) is 4.81. The van der Waals surface area contributed by atoms with Gasteiger partial charge in [0.25, 0.3) is 0 Å². The van der Waals surface area contributed by atoms with Crippen LogP contribution in [-0.2, 0) is 15.4 Å². The maximum atomic E-state index is 11.7. The topological polar surface area (TPSA) is 37.4 Å². The molecule has 0 radical (unpaired) electrons. The van der Waals surface area contributed by atoms with E-state index in [1.807, 2.05) is 49.3 Å². The van der Waals surface area contributed by atoms with Crippen LogP contribution < -0.4 is 0 Å². The lowest BCUT2D eigenvalue weighted by atomic mass is 9.86. The minimum atomic E-state index is -2.90. The molecular weight excluding hydrogens is 222 g/mol. The largest absolute Gasteiger partial charge is 0.298 e. The van der Waals surface area contributed by atoms with E-state index in [2.05, 4.69) is 0 Å². The third kappa shape index (κ3) is 1.40. The number of benzene rings is 1. The van der Waals surface area contributed by atoms with E-state index in [9.17, 15) is 8.42 Å². The van der Waals surface area contributed by atoms with Crippen molar-refractivity contribution in [1.82, 2.24) is 4.90 Å². The van der Waals surface area contributed by atoms with Crippen LogP contribution in [-0.4, -0.2) is 38.4 Å². The van der Waals surface area contributed by atoms with E-state index in [4.69, 9.17) is 0 Å². The van der Waals surface area contributed by atoms with Gasteiger partial charge in [-0.25, -0.2) is 8.42 Å². The first-order valence-electron chi connectivity index (χ1n) is 5.36. The first-order valence-corrected chi connectivity index (χ1v) is 7.07. The molecule has 0 aliphatic carbocycles. The molecule has 2 rings (SSSR count). The van der Waals surface area contributed by atoms with Crippen LogP contribution in [0.5, 0.6) is 0 Å². The minimum Gasteiger partial charge on any atom is -0.298 e. The summed E-state index contributed by atoms with van der Waals surface area (Å²) in [6.07, 6.45) is 0. The Morgan fingerprint density at radius 2 is 1.81 bits per heavy atom. The summed E-state index contributed by atoms with van der Waals surface area (Å²) in [5.74, 6) is 0.220. The Bertz CT molecular complexity index is 481. The summed E-state index contributed by atoms with van der Waals surface area (Å²) in [4.78, 5) is 2.02. The second-order valence-corrected chi connectivity index (χ2v) is 6.96. The normalized spacial score (nSPS) is 32.4. The van der Waals surface area contributed by atoms with E-state index >= 15 is 0 Å². The maximum Gasteiger partial charge on any atom is 0.157 e. The highest BCUT2D eigenvalue weighted by atomic mass is 32.2. The second-order valence-electron chi connectivity index (χ2n) is 4.63. The summed E-state index contributed by atoms with van der Waals surface area (Å²) in [7, 11) is 0.983. The van der Waals surface area contributed by atoms with E-state index < -0.39 is 9.84 Å². The molecule has 1 aliphatic heterocycles. The third-order valence-corrected chi connectivity index (χ3v) is 6.01. The lowest BCUT2D eigenvalue weighted by Gasteiger charge is -2.51. The highest BCUT2D eigenvalue weighted by molar-refractivity contribution is 7.93. The van der Waals surface area contributed by atoms with Crippen molar-refractivity contribution in [1.29, 1.82) is 0 Å². The van der Waals surface area contributed by atoms with Crippen LogP contribution >= 0.6 is 0 Å². The molecule has 0 spiro atoms. The standard InChI is InChI=1S/C12H17NO2S/c1-10-12(13(2)3,9-16(10,14)15)11-7-5-4-6-8-11/h4-8,10H,9H2,1-3H3. The van der Waals surface area contributed by atoms with Crippen LogP contribution in [0.25, 0.3) is 0 Å². The number of hydrogen-bond acceptors (Lipinski definition) is 3. The summed E-state index contributed by atoms with van der Waals surface area (Å²) in [6.45, 7) is 1.80. The van der Waals surface area contributed by atoms with E-state index in [0.29, 0.717) is 0 Å². The molecule has 16 heavy (non-hydrogen) atoms. The molecular formula is C12H17NO2S. The Hall–Kier alpha value is -0.870.